The quantitative estimate of drug-likeness (QED) is 0.196. The number of nitrogens with zero attached hydrogens (tertiary/aromatic N) is 1. The van der Waals surface area contributed by atoms with Gasteiger partial charge in [-0.05, 0) is 99.6 Å². The Morgan fingerprint density at radius 2 is 1.23 bits per heavy atom. The fourth-order valence-electron chi connectivity index (χ4n) is 5.67. The minimum absolute atomic E-state index is 0.562. The third-order valence-electron chi connectivity index (χ3n) is 7.50. The van der Waals surface area contributed by atoms with E-state index in [0.29, 0.717) is 18.3 Å². The summed E-state index contributed by atoms with van der Waals surface area (Å²) in [5, 5.41) is 9.09. The number of rotatable bonds is 11. The summed E-state index contributed by atoms with van der Waals surface area (Å²) in [6.45, 7) is 11.4. The van der Waals surface area contributed by atoms with Crippen molar-refractivity contribution in [1.82, 2.24) is 0 Å². The van der Waals surface area contributed by atoms with Crippen LogP contribution in [-0.2, 0) is 32.1 Å². The van der Waals surface area contributed by atoms with Gasteiger partial charge in [0, 0.05) is 6.42 Å². The Morgan fingerprint density at radius 3 is 1.90 bits per heavy atom. The number of nitriles is 1. The second-order valence-corrected chi connectivity index (χ2v) is 11.7. The van der Waals surface area contributed by atoms with Crippen LogP contribution < -0.4 is 0 Å². The molecule has 1 heteroatoms. The highest BCUT2D eigenvalue weighted by Crippen LogP contribution is 2.34. The van der Waals surface area contributed by atoms with Gasteiger partial charge in [-0.25, -0.2) is 0 Å². The molecule has 0 aliphatic heterocycles. The molecule has 0 bridgehead atoms. The van der Waals surface area contributed by atoms with Gasteiger partial charge in [0.1, 0.15) is 0 Å². The molecule has 0 aliphatic rings. The first-order chi connectivity index (χ1) is 18.9. The highest BCUT2D eigenvalue weighted by Gasteiger charge is 2.14. The van der Waals surface area contributed by atoms with Crippen molar-refractivity contribution in [2.75, 3.05) is 0 Å². The van der Waals surface area contributed by atoms with Crippen molar-refractivity contribution >= 4 is 0 Å². The Hall–Kier alpha value is -3.63. The van der Waals surface area contributed by atoms with Crippen molar-refractivity contribution in [3.05, 3.63) is 118 Å². The zero-order chi connectivity index (χ0) is 27.8. The van der Waals surface area contributed by atoms with Crippen LogP contribution in [0.1, 0.15) is 74.4 Å². The van der Waals surface area contributed by atoms with E-state index >= 15 is 0 Å². The Morgan fingerprint density at radius 1 is 0.615 bits per heavy atom. The second-order valence-electron chi connectivity index (χ2n) is 11.7. The van der Waals surface area contributed by atoms with Crippen LogP contribution in [-0.4, -0.2) is 0 Å². The standard InChI is InChI=1S/C38H43N/c1-6-31-15-16-32(25-34(31)21-27(2)3)38-19-17-33(26-36(38)23-29-11-8-7-9-12-29)37-18-14-30(13-10-20-39)24-35(37)22-28(4)5/h7-9,11-12,14-19,24-28H,6,10,13,21-23H2,1-5H3. The fourth-order valence-corrected chi connectivity index (χ4v) is 5.67. The summed E-state index contributed by atoms with van der Waals surface area (Å²) in [6.07, 6.45) is 5.49. The van der Waals surface area contributed by atoms with Crippen molar-refractivity contribution < 1.29 is 0 Å². The van der Waals surface area contributed by atoms with Gasteiger partial charge in [-0.1, -0.05) is 120 Å². The van der Waals surface area contributed by atoms with Crippen LogP contribution in [0.5, 0.6) is 0 Å². The summed E-state index contributed by atoms with van der Waals surface area (Å²) >= 11 is 0. The molecule has 4 aromatic carbocycles. The molecule has 0 aromatic heterocycles. The Bertz CT molecular complexity index is 1420. The maximum Gasteiger partial charge on any atom is 0.0625 e. The lowest BCUT2D eigenvalue weighted by Crippen LogP contribution is -2.01. The second kappa shape index (κ2) is 13.4. The van der Waals surface area contributed by atoms with Gasteiger partial charge >= 0.3 is 0 Å². The molecule has 0 amide bonds. The number of hydrogen-bond acceptors (Lipinski definition) is 1. The zero-order valence-electron chi connectivity index (χ0n) is 24.4. The van der Waals surface area contributed by atoms with E-state index in [1.54, 1.807) is 0 Å². The molecular formula is C38H43N. The summed E-state index contributed by atoms with van der Waals surface area (Å²) < 4.78 is 0. The fraction of sp³-hybridized carbons (Fsp3) is 0.342. The average Bonchev–Trinajstić information content (AvgIpc) is 2.92. The van der Waals surface area contributed by atoms with E-state index in [0.717, 1.165) is 32.1 Å². The molecule has 0 saturated carbocycles. The maximum absolute atomic E-state index is 9.09. The van der Waals surface area contributed by atoms with Gasteiger partial charge in [-0.2, -0.15) is 5.26 Å². The van der Waals surface area contributed by atoms with Crippen LogP contribution in [0.25, 0.3) is 22.3 Å². The van der Waals surface area contributed by atoms with Crippen LogP contribution in [0.3, 0.4) is 0 Å². The molecule has 0 unspecified atom stereocenters. The number of benzene rings is 4. The first-order valence-electron chi connectivity index (χ1n) is 14.7. The van der Waals surface area contributed by atoms with Crippen LogP contribution in [0, 0.1) is 23.2 Å². The summed E-state index contributed by atoms with van der Waals surface area (Å²) in [6, 6.07) is 34.1. The largest absolute Gasteiger partial charge is 0.198 e. The molecule has 4 rings (SSSR count). The maximum atomic E-state index is 9.09. The first kappa shape index (κ1) is 28.4. The summed E-state index contributed by atoms with van der Waals surface area (Å²) in [5.41, 5.74) is 13.5. The van der Waals surface area contributed by atoms with E-state index in [1.807, 2.05) is 0 Å². The molecule has 200 valence electrons. The molecule has 1 nitrogen and oxygen atoms in total. The molecule has 0 N–H and O–H groups in total. The molecule has 4 aromatic rings. The van der Waals surface area contributed by atoms with Gasteiger partial charge in [0.05, 0.1) is 6.07 Å². The molecule has 0 saturated heterocycles. The lowest BCUT2D eigenvalue weighted by Gasteiger charge is -2.18. The number of hydrogen-bond donors (Lipinski definition) is 0. The molecule has 0 fully saturated rings. The van der Waals surface area contributed by atoms with Gasteiger partial charge in [0.2, 0.25) is 0 Å². The van der Waals surface area contributed by atoms with Gasteiger partial charge < -0.3 is 0 Å². The normalized spacial score (nSPS) is 11.2. The zero-order valence-corrected chi connectivity index (χ0v) is 24.4. The van der Waals surface area contributed by atoms with Crippen LogP contribution in [0.15, 0.2) is 84.9 Å². The minimum Gasteiger partial charge on any atom is -0.198 e. The van der Waals surface area contributed by atoms with Gasteiger partial charge in [-0.3, -0.25) is 0 Å². The van der Waals surface area contributed by atoms with E-state index in [1.165, 1.54) is 55.6 Å². The predicted molar refractivity (Wildman–Crippen MR) is 167 cm³/mol. The first-order valence-corrected chi connectivity index (χ1v) is 14.7. The van der Waals surface area contributed by atoms with Gasteiger partial charge in [-0.15, -0.1) is 0 Å². The van der Waals surface area contributed by atoms with Crippen LogP contribution in [0.2, 0.25) is 0 Å². The smallest absolute Gasteiger partial charge is 0.0625 e. The summed E-state index contributed by atoms with van der Waals surface area (Å²) in [4.78, 5) is 0. The summed E-state index contributed by atoms with van der Waals surface area (Å²) in [7, 11) is 0. The number of aryl methyl sites for hydroxylation is 2. The average molecular weight is 514 g/mol. The molecular weight excluding hydrogens is 470 g/mol. The highest BCUT2D eigenvalue weighted by atomic mass is 14.2. The van der Waals surface area contributed by atoms with Crippen molar-refractivity contribution in [2.45, 2.75) is 73.1 Å². The summed E-state index contributed by atoms with van der Waals surface area (Å²) in [5.74, 6) is 1.20. The molecule has 0 atom stereocenters. The molecule has 39 heavy (non-hydrogen) atoms. The Labute approximate surface area is 236 Å². The van der Waals surface area contributed by atoms with E-state index in [9.17, 15) is 0 Å². The van der Waals surface area contributed by atoms with Crippen molar-refractivity contribution in [3.63, 3.8) is 0 Å². The lowest BCUT2D eigenvalue weighted by molar-refractivity contribution is 0.643. The SMILES string of the molecule is CCc1ccc(-c2ccc(-c3ccc(CCC#N)cc3CC(C)C)cc2Cc2ccccc2)cc1CC(C)C. The Balaban J connectivity index is 1.83. The van der Waals surface area contributed by atoms with Gasteiger partial charge in [0.25, 0.3) is 0 Å². The van der Waals surface area contributed by atoms with Crippen molar-refractivity contribution in [1.29, 1.82) is 5.26 Å². The Kier molecular flexibility index (Phi) is 9.78. The third kappa shape index (κ3) is 7.48. The highest BCUT2D eigenvalue weighted by molar-refractivity contribution is 5.76. The van der Waals surface area contributed by atoms with E-state index in [-0.39, 0.29) is 0 Å². The topological polar surface area (TPSA) is 23.8 Å². The van der Waals surface area contributed by atoms with Crippen LogP contribution >= 0.6 is 0 Å². The van der Waals surface area contributed by atoms with Gasteiger partial charge in [0.15, 0.2) is 0 Å². The van der Waals surface area contributed by atoms with Crippen LogP contribution in [0.4, 0.5) is 0 Å². The van der Waals surface area contributed by atoms with E-state index in [4.69, 9.17) is 5.26 Å². The monoisotopic (exact) mass is 513 g/mol. The molecule has 0 radical (unpaired) electrons. The van der Waals surface area contributed by atoms with Crippen molar-refractivity contribution in [3.8, 4) is 28.3 Å². The third-order valence-corrected chi connectivity index (χ3v) is 7.50. The minimum atomic E-state index is 0.562. The molecule has 0 heterocycles. The molecule has 0 aliphatic carbocycles. The predicted octanol–water partition coefficient (Wildman–Crippen LogP) is 10.0. The van der Waals surface area contributed by atoms with E-state index < -0.39 is 0 Å². The lowest BCUT2D eigenvalue weighted by atomic mass is 9.86. The molecule has 0 spiro atoms. The van der Waals surface area contributed by atoms with E-state index in [2.05, 4.69) is 126 Å². The van der Waals surface area contributed by atoms with Crippen molar-refractivity contribution in [2.24, 2.45) is 11.8 Å².